The second-order valence-electron chi connectivity index (χ2n) is 5.01. The quantitative estimate of drug-likeness (QED) is 0.677. The average Bonchev–Trinajstić information content (AvgIpc) is 3.04. The van der Waals surface area contributed by atoms with E-state index in [1.807, 2.05) is 0 Å². The Morgan fingerprint density at radius 3 is 2.88 bits per heavy atom. The van der Waals surface area contributed by atoms with E-state index >= 15 is 0 Å². The molecule has 2 aromatic heterocycles. The number of sulfonamides is 1. The second kappa shape index (κ2) is 6.83. The summed E-state index contributed by atoms with van der Waals surface area (Å²) in [6.45, 7) is 0. The molecule has 138 valence electrons. The minimum atomic E-state index is -4.23. The van der Waals surface area contributed by atoms with Crippen molar-refractivity contribution in [2.75, 3.05) is 11.8 Å². The molecule has 0 aliphatic heterocycles. The Morgan fingerprint density at radius 1 is 1.42 bits per heavy atom. The Kier molecular flexibility index (Phi) is 4.05. The average molecular weight is 388 g/mol. The lowest BCUT2D eigenvalue weighted by molar-refractivity contribution is 0.147. The number of alkyl halides is 2. The van der Waals surface area contributed by atoms with Crippen molar-refractivity contribution in [3.05, 3.63) is 42.0 Å². The number of benzene rings is 1. The molecule has 3 aromatic rings. The first-order chi connectivity index (χ1) is 13.1. The van der Waals surface area contributed by atoms with Crippen molar-refractivity contribution in [1.29, 1.82) is 0 Å². The predicted molar refractivity (Wildman–Crippen MR) is 87.4 cm³/mol. The van der Waals surface area contributed by atoms with Crippen molar-refractivity contribution in [3.63, 3.8) is 0 Å². The molecule has 1 aromatic carbocycles. The first kappa shape index (κ1) is 15.4. The summed E-state index contributed by atoms with van der Waals surface area (Å²) >= 11 is 0. The first-order valence-corrected chi connectivity index (χ1v) is 8.53. The zero-order valence-electron chi connectivity index (χ0n) is 15.1. The van der Waals surface area contributed by atoms with Gasteiger partial charge in [0.1, 0.15) is 10.7 Å². The number of halogens is 3. The number of aromatic amines is 1. The van der Waals surface area contributed by atoms with E-state index in [-0.39, 0.29) is 15.8 Å². The van der Waals surface area contributed by atoms with Crippen LogP contribution in [0.25, 0.3) is 10.9 Å². The molecular weight excluding hydrogens is 373 g/mol. The summed E-state index contributed by atoms with van der Waals surface area (Å²) in [4.78, 5) is 9.68. The highest BCUT2D eigenvalue weighted by Gasteiger charge is 2.22. The summed E-state index contributed by atoms with van der Waals surface area (Å²) in [7, 11) is -3.16. The Hall–Kier alpha value is -2.82. The van der Waals surface area contributed by atoms with E-state index < -0.39 is 46.0 Å². The van der Waals surface area contributed by atoms with Crippen LogP contribution in [-0.2, 0) is 16.4 Å². The van der Waals surface area contributed by atoms with E-state index in [0.717, 1.165) is 31.6 Å². The fourth-order valence-electron chi connectivity index (χ4n) is 2.26. The van der Waals surface area contributed by atoms with Crippen molar-refractivity contribution < 1.29 is 29.1 Å². The maximum atomic E-state index is 13.3. The Bertz CT molecular complexity index is 1140. The number of methoxy groups -OCH3 is 1. The molecule has 0 amide bonds. The van der Waals surface area contributed by atoms with Gasteiger partial charge in [-0.3, -0.25) is 0 Å². The maximum absolute atomic E-state index is 13.3. The fraction of sp³-hybridized carbons (Fsp3) is 0.200. The maximum Gasteiger partial charge on any atom is 0.266 e. The molecule has 3 rings (SSSR count). The molecule has 0 spiro atoms. The largest absolute Gasteiger partial charge is 0.481 e. The number of H-pyrrole nitrogens is 1. The second-order valence-corrected chi connectivity index (χ2v) is 6.66. The molecule has 0 unspecified atom stereocenters. The van der Waals surface area contributed by atoms with Gasteiger partial charge in [0.2, 0.25) is 18.3 Å². The van der Waals surface area contributed by atoms with Gasteiger partial charge < -0.3 is 9.72 Å². The highest BCUT2D eigenvalue weighted by Crippen LogP contribution is 2.26. The molecule has 0 saturated heterocycles. The molecule has 0 aliphatic carbocycles. The molecule has 0 bridgehead atoms. The molecule has 2 heterocycles. The minimum Gasteiger partial charge on any atom is -0.481 e. The number of aromatic nitrogens is 3. The summed E-state index contributed by atoms with van der Waals surface area (Å²) in [5.74, 6) is -1.61. The predicted octanol–water partition coefficient (Wildman–Crippen LogP) is 2.71. The van der Waals surface area contributed by atoms with Crippen LogP contribution in [0.3, 0.4) is 0 Å². The van der Waals surface area contributed by atoms with Crippen LogP contribution in [0, 0.1) is 5.82 Å². The Labute approximate surface area is 149 Å². The number of ether oxygens (including phenoxy) is 1. The third-order valence-corrected chi connectivity index (χ3v) is 4.70. The SMILES string of the molecule is [2H]C([2H])(c1cnc(NS(=O)(=O)c2c[nH]c3cc(F)ccc23)nc1OC)C(F)F. The zero-order chi connectivity index (χ0) is 20.7. The van der Waals surface area contributed by atoms with Crippen molar-refractivity contribution in [3.8, 4) is 5.88 Å². The van der Waals surface area contributed by atoms with Gasteiger partial charge in [0, 0.05) is 38.0 Å². The molecule has 26 heavy (non-hydrogen) atoms. The smallest absolute Gasteiger partial charge is 0.266 e. The molecule has 0 radical (unpaired) electrons. The van der Waals surface area contributed by atoms with E-state index in [1.165, 1.54) is 6.07 Å². The number of nitrogens with zero attached hydrogens (tertiary/aromatic N) is 2. The number of hydrogen-bond donors (Lipinski definition) is 2. The van der Waals surface area contributed by atoms with Crippen molar-refractivity contribution >= 4 is 26.9 Å². The van der Waals surface area contributed by atoms with Crippen LogP contribution in [0.1, 0.15) is 8.30 Å². The third kappa shape index (κ3) is 3.57. The summed E-state index contributed by atoms with van der Waals surface area (Å²) in [6, 6.07) is 3.49. The molecule has 0 fully saturated rings. The lowest BCUT2D eigenvalue weighted by Gasteiger charge is -2.10. The molecule has 7 nitrogen and oxygen atoms in total. The summed E-state index contributed by atoms with van der Waals surface area (Å²) in [6.07, 6.45) is -4.60. The standard InChI is InChI=1S/C15H13F3N4O3S/c1-25-14-8(4-13(17)18)6-20-15(21-14)22-26(23,24)12-7-19-11-5-9(16)2-3-10(11)12/h2-3,5-7,13,19H,4H2,1H3,(H,20,21,22)/i4D2. The van der Waals surface area contributed by atoms with Gasteiger partial charge in [0.05, 0.1) is 7.11 Å². The fourth-order valence-corrected chi connectivity index (χ4v) is 3.39. The number of fused-ring (bicyclic) bond motifs is 1. The van der Waals surface area contributed by atoms with Gasteiger partial charge in [0.15, 0.2) is 0 Å². The molecule has 11 heteroatoms. The number of anilines is 1. The van der Waals surface area contributed by atoms with Gasteiger partial charge in [0.25, 0.3) is 10.0 Å². The first-order valence-electron chi connectivity index (χ1n) is 8.05. The topological polar surface area (TPSA) is 97.0 Å². The zero-order valence-corrected chi connectivity index (χ0v) is 13.9. The summed E-state index contributed by atoms with van der Waals surface area (Å²) in [5.41, 5.74) is -0.380. The Balaban J connectivity index is 1.98. The molecule has 0 aliphatic rings. The monoisotopic (exact) mass is 388 g/mol. The van der Waals surface area contributed by atoms with Crippen LogP contribution in [0.5, 0.6) is 5.88 Å². The van der Waals surface area contributed by atoms with E-state index in [0.29, 0.717) is 0 Å². The van der Waals surface area contributed by atoms with Crippen LogP contribution in [0.15, 0.2) is 35.5 Å². The van der Waals surface area contributed by atoms with Gasteiger partial charge in [-0.15, -0.1) is 0 Å². The van der Waals surface area contributed by atoms with E-state index in [4.69, 9.17) is 7.48 Å². The highest BCUT2D eigenvalue weighted by atomic mass is 32.2. The van der Waals surface area contributed by atoms with Crippen molar-refractivity contribution in [1.82, 2.24) is 15.0 Å². The van der Waals surface area contributed by atoms with Crippen LogP contribution in [0.2, 0.25) is 0 Å². The number of rotatable bonds is 6. The Morgan fingerprint density at radius 2 is 2.19 bits per heavy atom. The summed E-state index contributed by atoms with van der Waals surface area (Å²) < 4.78 is 86.0. The van der Waals surface area contributed by atoms with Crippen LogP contribution in [-0.4, -0.2) is 36.9 Å². The van der Waals surface area contributed by atoms with Gasteiger partial charge >= 0.3 is 0 Å². The van der Waals surface area contributed by atoms with E-state index in [9.17, 15) is 21.6 Å². The molecule has 0 saturated carbocycles. The summed E-state index contributed by atoms with van der Waals surface area (Å²) in [5, 5.41) is 0.214. The minimum absolute atomic E-state index is 0.211. The van der Waals surface area contributed by atoms with Gasteiger partial charge in [-0.2, -0.15) is 4.98 Å². The highest BCUT2D eigenvalue weighted by molar-refractivity contribution is 7.93. The molecular formula is C15H13F3N4O3S. The van der Waals surface area contributed by atoms with Crippen LogP contribution >= 0.6 is 0 Å². The third-order valence-electron chi connectivity index (χ3n) is 3.33. The van der Waals surface area contributed by atoms with Crippen LogP contribution < -0.4 is 9.46 Å². The molecule has 2 N–H and O–H groups in total. The van der Waals surface area contributed by atoms with E-state index in [1.54, 1.807) is 0 Å². The van der Waals surface area contributed by atoms with Crippen molar-refractivity contribution in [2.45, 2.75) is 17.7 Å². The van der Waals surface area contributed by atoms with Gasteiger partial charge in [-0.1, -0.05) is 0 Å². The number of hydrogen-bond acceptors (Lipinski definition) is 5. The molecule has 0 atom stereocenters. The number of nitrogens with one attached hydrogen (secondary N) is 2. The lowest BCUT2D eigenvalue weighted by atomic mass is 10.2. The van der Waals surface area contributed by atoms with Crippen molar-refractivity contribution in [2.24, 2.45) is 0 Å². The van der Waals surface area contributed by atoms with E-state index in [2.05, 4.69) is 19.7 Å². The van der Waals surface area contributed by atoms with Gasteiger partial charge in [-0.25, -0.2) is 31.3 Å². The normalized spacial score (nSPS) is 13.6. The lowest BCUT2D eigenvalue weighted by Crippen LogP contribution is -2.15. The van der Waals surface area contributed by atoms with Gasteiger partial charge in [-0.05, 0) is 18.2 Å². The van der Waals surface area contributed by atoms with Crippen LogP contribution in [0.4, 0.5) is 19.1 Å².